The van der Waals surface area contributed by atoms with Crippen LogP contribution in [0.15, 0.2) is 10.6 Å². The number of hydrogen-bond acceptors (Lipinski definition) is 7. The molecule has 1 aliphatic heterocycles. The highest BCUT2D eigenvalue weighted by Gasteiger charge is 2.28. The van der Waals surface area contributed by atoms with Crippen molar-refractivity contribution in [3.05, 3.63) is 29.2 Å². The third-order valence-corrected chi connectivity index (χ3v) is 4.19. The number of aryl methyl sites for hydroxylation is 1. The summed E-state index contributed by atoms with van der Waals surface area (Å²) in [6, 6.07) is 1.48. The monoisotopic (exact) mass is 345 g/mol. The van der Waals surface area contributed by atoms with Gasteiger partial charge < -0.3 is 14.5 Å². The van der Waals surface area contributed by atoms with Gasteiger partial charge in [0.25, 0.3) is 0 Å². The van der Waals surface area contributed by atoms with Gasteiger partial charge in [0.05, 0.1) is 5.92 Å². The van der Waals surface area contributed by atoms with E-state index in [2.05, 4.69) is 34.0 Å². The molecular weight excluding hydrogens is 322 g/mol. The van der Waals surface area contributed by atoms with E-state index in [1.54, 1.807) is 6.92 Å². The summed E-state index contributed by atoms with van der Waals surface area (Å²) < 4.78 is 5.45. The summed E-state index contributed by atoms with van der Waals surface area (Å²) in [5.41, 5.74) is 0.656. The average Bonchev–Trinajstić information content (AvgIpc) is 3.02. The van der Waals surface area contributed by atoms with Crippen molar-refractivity contribution in [3.8, 4) is 0 Å². The predicted molar refractivity (Wildman–Crippen MR) is 90.8 cm³/mol. The molecule has 0 spiro atoms. The Bertz CT molecular complexity index is 758. The number of carbonyl (C=O) groups is 1. The second-order valence-electron chi connectivity index (χ2n) is 6.93. The number of piperidine rings is 1. The van der Waals surface area contributed by atoms with Gasteiger partial charge in [-0.3, -0.25) is 0 Å². The van der Waals surface area contributed by atoms with Crippen molar-refractivity contribution in [3.63, 3.8) is 0 Å². The van der Waals surface area contributed by atoms with Crippen LogP contribution in [-0.2, 0) is 6.42 Å². The summed E-state index contributed by atoms with van der Waals surface area (Å²) in [5, 5.41) is 13.3. The van der Waals surface area contributed by atoms with Crippen LogP contribution in [0, 0.1) is 12.8 Å². The molecule has 2 aromatic heterocycles. The fourth-order valence-corrected chi connectivity index (χ4v) is 3.05. The lowest BCUT2D eigenvalue weighted by Gasteiger charge is -2.31. The molecule has 0 amide bonds. The third kappa shape index (κ3) is 4.12. The fraction of sp³-hybridized carbons (Fsp3) is 0.588. The second kappa shape index (κ2) is 7.16. The molecule has 8 nitrogen and oxygen atoms in total. The van der Waals surface area contributed by atoms with Crippen molar-refractivity contribution in [2.45, 2.75) is 46.0 Å². The van der Waals surface area contributed by atoms with E-state index in [9.17, 15) is 9.90 Å². The summed E-state index contributed by atoms with van der Waals surface area (Å²) in [6.07, 6.45) is 2.69. The summed E-state index contributed by atoms with van der Waals surface area (Å²) in [4.78, 5) is 26.3. The van der Waals surface area contributed by atoms with E-state index in [4.69, 9.17) is 4.52 Å². The van der Waals surface area contributed by atoms with Crippen LogP contribution in [0.25, 0.3) is 0 Å². The number of aromatic nitrogens is 4. The molecule has 2 aromatic rings. The first kappa shape index (κ1) is 17.3. The second-order valence-corrected chi connectivity index (χ2v) is 6.93. The largest absolute Gasteiger partial charge is 0.477 e. The molecule has 0 aromatic carbocycles. The zero-order valence-electron chi connectivity index (χ0n) is 14.8. The Morgan fingerprint density at radius 1 is 1.40 bits per heavy atom. The van der Waals surface area contributed by atoms with E-state index in [0.29, 0.717) is 30.0 Å². The van der Waals surface area contributed by atoms with Crippen LogP contribution in [0.5, 0.6) is 0 Å². The van der Waals surface area contributed by atoms with Crippen LogP contribution in [0.3, 0.4) is 0 Å². The van der Waals surface area contributed by atoms with Crippen LogP contribution < -0.4 is 4.90 Å². The standard InChI is InChI=1S/C17H23N5O3/c1-10(2)7-14-20-15(25-21-14)12-5-4-6-22(9-12)17-18-11(3)8-13(19-17)16(23)24/h8,10,12H,4-7,9H2,1-3H3,(H,23,24). The van der Waals surface area contributed by atoms with Gasteiger partial charge in [-0.25, -0.2) is 14.8 Å². The molecule has 0 radical (unpaired) electrons. The van der Waals surface area contributed by atoms with E-state index in [-0.39, 0.29) is 11.6 Å². The lowest BCUT2D eigenvalue weighted by Crippen LogP contribution is -2.36. The molecule has 1 atom stereocenters. The number of carboxylic acids is 1. The Morgan fingerprint density at radius 3 is 2.92 bits per heavy atom. The van der Waals surface area contributed by atoms with Gasteiger partial charge in [-0.1, -0.05) is 19.0 Å². The number of nitrogens with zero attached hydrogens (tertiary/aromatic N) is 5. The predicted octanol–water partition coefficient (Wildman–Crippen LogP) is 2.45. The average molecular weight is 345 g/mol. The van der Waals surface area contributed by atoms with Gasteiger partial charge in [0, 0.05) is 25.2 Å². The molecule has 0 aliphatic carbocycles. The van der Waals surface area contributed by atoms with Gasteiger partial charge in [-0.2, -0.15) is 4.98 Å². The lowest BCUT2D eigenvalue weighted by molar-refractivity contribution is 0.0690. The summed E-state index contributed by atoms with van der Waals surface area (Å²) in [7, 11) is 0. The molecule has 3 rings (SSSR count). The first-order chi connectivity index (χ1) is 11.9. The highest BCUT2D eigenvalue weighted by atomic mass is 16.5. The van der Waals surface area contributed by atoms with Gasteiger partial charge in [0.1, 0.15) is 0 Å². The van der Waals surface area contributed by atoms with Crippen molar-refractivity contribution in [1.29, 1.82) is 0 Å². The fourth-order valence-electron chi connectivity index (χ4n) is 3.05. The quantitative estimate of drug-likeness (QED) is 0.881. The molecular formula is C17H23N5O3. The number of rotatable bonds is 5. The maximum atomic E-state index is 11.2. The van der Waals surface area contributed by atoms with Crippen molar-refractivity contribution >= 4 is 11.9 Å². The first-order valence-electron chi connectivity index (χ1n) is 8.58. The molecule has 1 aliphatic rings. The highest BCUT2D eigenvalue weighted by molar-refractivity contribution is 5.85. The lowest BCUT2D eigenvalue weighted by atomic mass is 9.98. The van der Waals surface area contributed by atoms with Crippen LogP contribution in [0.1, 0.15) is 60.5 Å². The molecule has 134 valence electrons. The minimum atomic E-state index is -1.05. The van der Waals surface area contributed by atoms with E-state index in [1.165, 1.54) is 6.07 Å². The SMILES string of the molecule is Cc1cc(C(=O)O)nc(N2CCCC(c3nc(CC(C)C)no3)C2)n1. The van der Waals surface area contributed by atoms with Crippen LogP contribution in [0.4, 0.5) is 5.95 Å². The topological polar surface area (TPSA) is 105 Å². The van der Waals surface area contributed by atoms with Gasteiger partial charge in [-0.05, 0) is 31.7 Å². The molecule has 8 heteroatoms. The minimum Gasteiger partial charge on any atom is -0.477 e. The number of carboxylic acid groups (broad SMARTS) is 1. The molecule has 1 fully saturated rings. The molecule has 0 saturated carbocycles. The van der Waals surface area contributed by atoms with Crippen molar-refractivity contribution in [2.24, 2.45) is 5.92 Å². The summed E-state index contributed by atoms with van der Waals surface area (Å²) in [6.45, 7) is 7.44. The van der Waals surface area contributed by atoms with E-state index in [0.717, 1.165) is 31.6 Å². The van der Waals surface area contributed by atoms with Crippen LogP contribution in [0.2, 0.25) is 0 Å². The van der Waals surface area contributed by atoms with Crippen LogP contribution in [-0.4, -0.2) is 44.3 Å². The van der Waals surface area contributed by atoms with Crippen molar-refractivity contribution < 1.29 is 14.4 Å². The molecule has 1 N–H and O–H groups in total. The number of anilines is 1. The third-order valence-electron chi connectivity index (χ3n) is 4.19. The normalized spacial score (nSPS) is 17.9. The highest BCUT2D eigenvalue weighted by Crippen LogP contribution is 2.28. The van der Waals surface area contributed by atoms with Crippen molar-refractivity contribution in [1.82, 2.24) is 20.1 Å². The zero-order valence-corrected chi connectivity index (χ0v) is 14.8. The van der Waals surface area contributed by atoms with E-state index >= 15 is 0 Å². The van der Waals surface area contributed by atoms with E-state index < -0.39 is 5.97 Å². The molecule has 1 saturated heterocycles. The summed E-state index contributed by atoms with van der Waals surface area (Å²) in [5.74, 6) is 1.37. The zero-order chi connectivity index (χ0) is 18.0. The van der Waals surface area contributed by atoms with Gasteiger partial charge in [0.15, 0.2) is 11.5 Å². The molecule has 3 heterocycles. The Hall–Kier alpha value is -2.51. The van der Waals surface area contributed by atoms with Gasteiger partial charge in [-0.15, -0.1) is 0 Å². The smallest absolute Gasteiger partial charge is 0.354 e. The maximum Gasteiger partial charge on any atom is 0.354 e. The van der Waals surface area contributed by atoms with Gasteiger partial charge in [0.2, 0.25) is 11.8 Å². The molecule has 0 bridgehead atoms. The number of hydrogen-bond donors (Lipinski definition) is 1. The Balaban J connectivity index is 1.77. The first-order valence-corrected chi connectivity index (χ1v) is 8.58. The van der Waals surface area contributed by atoms with Crippen molar-refractivity contribution in [2.75, 3.05) is 18.0 Å². The van der Waals surface area contributed by atoms with Crippen LogP contribution >= 0.6 is 0 Å². The maximum absolute atomic E-state index is 11.2. The van der Waals surface area contributed by atoms with E-state index in [1.807, 2.05) is 4.90 Å². The number of aromatic carboxylic acids is 1. The minimum absolute atomic E-state index is 0.0154. The molecule has 1 unspecified atom stereocenters. The Kier molecular flexibility index (Phi) is 4.96. The Labute approximate surface area is 146 Å². The van der Waals surface area contributed by atoms with Gasteiger partial charge >= 0.3 is 5.97 Å². The Morgan fingerprint density at radius 2 is 2.20 bits per heavy atom. The summed E-state index contributed by atoms with van der Waals surface area (Å²) >= 11 is 0. The molecule has 25 heavy (non-hydrogen) atoms.